The molecule has 0 saturated carbocycles. The summed E-state index contributed by atoms with van der Waals surface area (Å²) in [6.07, 6.45) is 2.84. The quantitative estimate of drug-likeness (QED) is 0.606. The van der Waals surface area contributed by atoms with Gasteiger partial charge in [0.1, 0.15) is 12.0 Å². The second-order valence-corrected chi connectivity index (χ2v) is 4.66. The van der Waals surface area contributed by atoms with Gasteiger partial charge in [0, 0.05) is 25.8 Å². The van der Waals surface area contributed by atoms with Gasteiger partial charge in [0.2, 0.25) is 0 Å². The van der Waals surface area contributed by atoms with E-state index in [9.17, 15) is 14.9 Å². The van der Waals surface area contributed by atoms with Crippen molar-refractivity contribution in [3.8, 4) is 0 Å². The van der Waals surface area contributed by atoms with Gasteiger partial charge in [-0.1, -0.05) is 0 Å². The van der Waals surface area contributed by atoms with Gasteiger partial charge in [0.25, 0.3) is 11.6 Å². The first-order valence-electron chi connectivity index (χ1n) is 6.34. The van der Waals surface area contributed by atoms with Crippen molar-refractivity contribution in [2.75, 3.05) is 25.5 Å². The number of ether oxygens (including phenoxy) is 1. The van der Waals surface area contributed by atoms with Crippen molar-refractivity contribution >= 4 is 17.4 Å². The summed E-state index contributed by atoms with van der Waals surface area (Å²) in [6.45, 7) is 1.96. The van der Waals surface area contributed by atoms with Crippen molar-refractivity contribution in [1.29, 1.82) is 0 Å². The summed E-state index contributed by atoms with van der Waals surface area (Å²) >= 11 is 0. The fourth-order valence-electron chi connectivity index (χ4n) is 2.04. The van der Waals surface area contributed by atoms with Gasteiger partial charge in [-0.3, -0.25) is 14.9 Å². The molecule has 3 N–H and O–H groups in total. The van der Waals surface area contributed by atoms with Gasteiger partial charge >= 0.3 is 0 Å². The average molecular weight is 280 g/mol. The van der Waals surface area contributed by atoms with E-state index in [1.165, 1.54) is 0 Å². The molecule has 1 atom stereocenters. The molecular formula is C12H16N4O4. The molecule has 0 radical (unpaired) electrons. The standard InChI is InChI=1S/C12H16N4O4/c13-11-10(5-9(6-15-11)16(18)19)12(17)14-3-1-8-2-4-20-7-8/h5-6,8H,1-4,7H2,(H2,13,15)(H,14,17). The van der Waals surface area contributed by atoms with Gasteiger partial charge in [-0.15, -0.1) is 0 Å². The van der Waals surface area contributed by atoms with Crippen molar-refractivity contribution in [3.63, 3.8) is 0 Å². The number of nitro groups is 1. The number of rotatable bonds is 5. The normalized spacial score (nSPS) is 17.9. The Morgan fingerprint density at radius 2 is 2.45 bits per heavy atom. The van der Waals surface area contributed by atoms with Crippen LogP contribution in [0.5, 0.6) is 0 Å². The van der Waals surface area contributed by atoms with Gasteiger partial charge in [0.15, 0.2) is 0 Å². The number of nitrogens with one attached hydrogen (secondary N) is 1. The molecule has 20 heavy (non-hydrogen) atoms. The van der Waals surface area contributed by atoms with Crippen LogP contribution < -0.4 is 11.1 Å². The highest BCUT2D eigenvalue weighted by Gasteiger charge is 2.18. The molecule has 0 aromatic carbocycles. The van der Waals surface area contributed by atoms with Crippen LogP contribution in [0.25, 0.3) is 0 Å². The molecule has 2 rings (SSSR count). The van der Waals surface area contributed by atoms with Crippen LogP contribution >= 0.6 is 0 Å². The van der Waals surface area contributed by atoms with Crippen molar-refractivity contribution in [2.24, 2.45) is 5.92 Å². The maximum atomic E-state index is 11.9. The molecule has 1 aliphatic heterocycles. The van der Waals surface area contributed by atoms with Crippen LogP contribution in [0.15, 0.2) is 12.3 Å². The molecule has 0 bridgehead atoms. The largest absolute Gasteiger partial charge is 0.383 e. The molecule has 1 aromatic rings. The Hall–Kier alpha value is -2.22. The summed E-state index contributed by atoms with van der Waals surface area (Å²) in [6, 6.07) is 1.14. The minimum atomic E-state index is -0.612. The van der Waals surface area contributed by atoms with Crippen molar-refractivity contribution in [1.82, 2.24) is 10.3 Å². The molecule has 0 spiro atoms. The summed E-state index contributed by atoms with van der Waals surface area (Å²) in [5, 5.41) is 13.3. The van der Waals surface area contributed by atoms with Gasteiger partial charge in [-0.2, -0.15) is 0 Å². The highest BCUT2D eigenvalue weighted by Crippen LogP contribution is 2.17. The van der Waals surface area contributed by atoms with Crippen LogP contribution in [-0.4, -0.2) is 35.6 Å². The summed E-state index contributed by atoms with van der Waals surface area (Å²) in [4.78, 5) is 25.6. The third kappa shape index (κ3) is 3.41. The van der Waals surface area contributed by atoms with E-state index >= 15 is 0 Å². The lowest BCUT2D eigenvalue weighted by atomic mass is 10.1. The van der Waals surface area contributed by atoms with Crippen LogP contribution in [0.1, 0.15) is 23.2 Å². The predicted octanol–water partition coefficient (Wildman–Crippen LogP) is 0.728. The van der Waals surface area contributed by atoms with E-state index in [4.69, 9.17) is 10.5 Å². The Labute approximate surface area is 115 Å². The SMILES string of the molecule is Nc1ncc([N+](=O)[O-])cc1C(=O)NCCC1CCOC1. The van der Waals surface area contributed by atoms with E-state index in [1.807, 2.05) is 0 Å². The molecular weight excluding hydrogens is 264 g/mol. The zero-order valence-electron chi connectivity index (χ0n) is 10.9. The van der Waals surface area contributed by atoms with Crippen molar-refractivity contribution in [2.45, 2.75) is 12.8 Å². The predicted molar refractivity (Wildman–Crippen MR) is 71.2 cm³/mol. The molecule has 1 unspecified atom stereocenters. The summed E-state index contributed by atoms with van der Waals surface area (Å²) < 4.78 is 5.24. The molecule has 1 amide bonds. The smallest absolute Gasteiger partial charge is 0.288 e. The number of carbonyl (C=O) groups is 1. The summed E-state index contributed by atoms with van der Waals surface area (Å²) in [5.41, 5.74) is 5.34. The topological polar surface area (TPSA) is 120 Å². The van der Waals surface area contributed by atoms with Crippen LogP contribution in [0.3, 0.4) is 0 Å². The van der Waals surface area contributed by atoms with E-state index < -0.39 is 10.8 Å². The lowest BCUT2D eigenvalue weighted by Gasteiger charge is -2.09. The number of amides is 1. The number of hydrogen-bond acceptors (Lipinski definition) is 6. The van der Waals surface area contributed by atoms with Gasteiger partial charge < -0.3 is 15.8 Å². The van der Waals surface area contributed by atoms with Gasteiger partial charge in [-0.25, -0.2) is 4.98 Å². The van der Waals surface area contributed by atoms with Crippen LogP contribution in [0.4, 0.5) is 11.5 Å². The number of nitrogens with zero attached hydrogens (tertiary/aromatic N) is 2. The molecule has 1 fully saturated rings. The van der Waals surface area contributed by atoms with Gasteiger partial charge in [0.05, 0.1) is 10.5 Å². The minimum absolute atomic E-state index is 0.0164. The first-order chi connectivity index (χ1) is 9.58. The number of pyridine rings is 1. The minimum Gasteiger partial charge on any atom is -0.383 e. The lowest BCUT2D eigenvalue weighted by Crippen LogP contribution is -2.27. The second kappa shape index (κ2) is 6.29. The third-order valence-electron chi connectivity index (χ3n) is 3.22. The Morgan fingerprint density at radius 3 is 3.10 bits per heavy atom. The summed E-state index contributed by atoms with van der Waals surface area (Å²) in [7, 11) is 0. The van der Waals surface area contributed by atoms with Gasteiger partial charge in [-0.05, 0) is 18.8 Å². The first-order valence-corrected chi connectivity index (χ1v) is 6.34. The van der Waals surface area contributed by atoms with Crippen molar-refractivity contribution < 1.29 is 14.5 Å². The Kier molecular flexibility index (Phi) is 4.46. The number of nitrogen functional groups attached to an aromatic ring is 1. The Bertz CT molecular complexity index is 514. The van der Waals surface area contributed by atoms with E-state index in [0.717, 1.165) is 38.3 Å². The monoisotopic (exact) mass is 280 g/mol. The highest BCUT2D eigenvalue weighted by atomic mass is 16.6. The zero-order valence-corrected chi connectivity index (χ0v) is 10.9. The average Bonchev–Trinajstić information content (AvgIpc) is 2.92. The molecule has 1 saturated heterocycles. The van der Waals surface area contributed by atoms with E-state index in [1.54, 1.807) is 0 Å². The lowest BCUT2D eigenvalue weighted by molar-refractivity contribution is -0.385. The number of nitrogens with two attached hydrogens (primary N) is 1. The first kappa shape index (κ1) is 14.2. The number of aromatic nitrogens is 1. The molecule has 1 aliphatic rings. The van der Waals surface area contributed by atoms with E-state index in [2.05, 4.69) is 10.3 Å². The van der Waals surface area contributed by atoms with Crippen molar-refractivity contribution in [3.05, 3.63) is 27.9 Å². The van der Waals surface area contributed by atoms with Crippen LogP contribution in [-0.2, 0) is 4.74 Å². The molecule has 2 heterocycles. The highest BCUT2D eigenvalue weighted by molar-refractivity contribution is 5.98. The zero-order chi connectivity index (χ0) is 14.5. The molecule has 8 heteroatoms. The molecule has 108 valence electrons. The Balaban J connectivity index is 1.94. The molecule has 0 aliphatic carbocycles. The molecule has 1 aromatic heterocycles. The van der Waals surface area contributed by atoms with Crippen LogP contribution in [0.2, 0.25) is 0 Å². The number of hydrogen-bond donors (Lipinski definition) is 2. The molecule has 8 nitrogen and oxygen atoms in total. The van der Waals surface area contributed by atoms with E-state index in [0.29, 0.717) is 12.5 Å². The van der Waals surface area contributed by atoms with Crippen LogP contribution in [0, 0.1) is 16.0 Å². The second-order valence-electron chi connectivity index (χ2n) is 4.66. The summed E-state index contributed by atoms with van der Waals surface area (Å²) in [5.74, 6) is -0.00852. The third-order valence-corrected chi connectivity index (χ3v) is 3.22. The number of carbonyl (C=O) groups excluding carboxylic acids is 1. The fourth-order valence-corrected chi connectivity index (χ4v) is 2.04. The fraction of sp³-hybridized carbons (Fsp3) is 0.500. The van der Waals surface area contributed by atoms with E-state index in [-0.39, 0.29) is 17.1 Å². The number of anilines is 1. The Morgan fingerprint density at radius 1 is 1.65 bits per heavy atom. The maximum absolute atomic E-state index is 11.9. The maximum Gasteiger partial charge on any atom is 0.288 e.